The molecule has 0 saturated heterocycles. The van der Waals surface area contributed by atoms with E-state index in [-0.39, 0.29) is 17.6 Å². The fraction of sp³-hybridized carbons (Fsp3) is 0.556. The second-order valence-electron chi connectivity index (χ2n) is 3.46. The maximum atomic E-state index is 11.7. The van der Waals surface area contributed by atoms with Crippen LogP contribution in [0.25, 0.3) is 0 Å². The maximum Gasteiger partial charge on any atom is 0.313 e. The number of rotatable bonds is 6. The zero-order valence-corrected chi connectivity index (χ0v) is 10.9. The van der Waals surface area contributed by atoms with Gasteiger partial charge in [0.15, 0.2) is 5.16 Å². The Hall–Kier alpha value is -1.77. The number of nitrogens with two attached hydrogens (primary N) is 1. The number of carboxylic acids is 1. The van der Waals surface area contributed by atoms with Crippen LogP contribution in [0.4, 0.5) is 5.95 Å². The number of carbonyl (C=O) groups excluding carboxylic acids is 1. The van der Waals surface area contributed by atoms with E-state index in [9.17, 15) is 9.59 Å². The number of nitrogens with one attached hydrogen (secondary N) is 1. The Bertz CT molecular complexity index is 447. The van der Waals surface area contributed by atoms with Crippen molar-refractivity contribution in [2.45, 2.75) is 25.0 Å². The van der Waals surface area contributed by atoms with E-state index >= 15 is 0 Å². The van der Waals surface area contributed by atoms with Gasteiger partial charge < -0.3 is 16.2 Å². The van der Waals surface area contributed by atoms with Gasteiger partial charge in [-0.3, -0.25) is 14.2 Å². The van der Waals surface area contributed by atoms with Gasteiger partial charge in [0.2, 0.25) is 11.9 Å². The van der Waals surface area contributed by atoms with Gasteiger partial charge in [0, 0.05) is 6.54 Å². The van der Waals surface area contributed by atoms with E-state index in [4.69, 9.17) is 10.8 Å². The number of amides is 1. The summed E-state index contributed by atoms with van der Waals surface area (Å²) >= 11 is 0.970. The van der Waals surface area contributed by atoms with Crippen LogP contribution in [0.15, 0.2) is 5.16 Å². The number of nitrogens with zero attached hydrogens (tertiary/aromatic N) is 3. The molecular formula is C9H15N5O3S. The topological polar surface area (TPSA) is 123 Å². The molecule has 8 nitrogen and oxygen atoms in total. The van der Waals surface area contributed by atoms with E-state index in [2.05, 4.69) is 15.5 Å². The van der Waals surface area contributed by atoms with Crippen LogP contribution in [0.3, 0.4) is 0 Å². The summed E-state index contributed by atoms with van der Waals surface area (Å²) in [7, 11) is 0. The second-order valence-corrected chi connectivity index (χ2v) is 4.41. The first-order valence-electron chi connectivity index (χ1n) is 5.30. The first kappa shape index (κ1) is 14.3. The van der Waals surface area contributed by atoms with Crippen LogP contribution in [-0.2, 0) is 9.59 Å². The maximum absolute atomic E-state index is 11.7. The highest BCUT2D eigenvalue weighted by molar-refractivity contribution is 7.99. The highest BCUT2D eigenvalue weighted by Crippen LogP contribution is 2.22. The van der Waals surface area contributed by atoms with E-state index in [0.717, 1.165) is 11.8 Å². The Morgan fingerprint density at radius 1 is 1.56 bits per heavy atom. The molecule has 0 fully saturated rings. The molecule has 0 saturated carbocycles. The fourth-order valence-electron chi connectivity index (χ4n) is 1.32. The summed E-state index contributed by atoms with van der Waals surface area (Å²) in [5.74, 6) is -1.28. The average molecular weight is 273 g/mol. The predicted molar refractivity (Wildman–Crippen MR) is 66.2 cm³/mol. The fourth-order valence-corrected chi connectivity index (χ4v) is 2.06. The van der Waals surface area contributed by atoms with Crippen molar-refractivity contribution in [2.24, 2.45) is 0 Å². The first-order valence-corrected chi connectivity index (χ1v) is 6.28. The van der Waals surface area contributed by atoms with Crippen LogP contribution in [0, 0.1) is 0 Å². The van der Waals surface area contributed by atoms with Gasteiger partial charge in [-0.25, -0.2) is 0 Å². The molecule has 9 heteroatoms. The smallest absolute Gasteiger partial charge is 0.313 e. The van der Waals surface area contributed by atoms with Gasteiger partial charge in [-0.1, -0.05) is 11.8 Å². The van der Waals surface area contributed by atoms with Gasteiger partial charge in [-0.2, -0.15) is 0 Å². The Morgan fingerprint density at radius 3 is 2.78 bits per heavy atom. The molecule has 100 valence electrons. The quantitative estimate of drug-likeness (QED) is 0.610. The van der Waals surface area contributed by atoms with Crippen LogP contribution in [0.1, 0.15) is 19.9 Å². The molecule has 18 heavy (non-hydrogen) atoms. The standard InChI is InChI=1S/C9H15N5O3S/c1-3-11-7(17)5(2)14-8(10)12-13-9(14)18-4-6(15)16/h5H,3-4H2,1-2H3,(H2,10,12)(H,11,17)(H,15,16). The lowest BCUT2D eigenvalue weighted by Crippen LogP contribution is -2.31. The summed E-state index contributed by atoms with van der Waals surface area (Å²) in [6.45, 7) is 3.96. The van der Waals surface area contributed by atoms with Crippen molar-refractivity contribution in [3.05, 3.63) is 0 Å². The number of carbonyl (C=O) groups is 2. The largest absolute Gasteiger partial charge is 0.481 e. The molecule has 1 heterocycles. The predicted octanol–water partition coefficient (Wildman–Crippen LogP) is -0.266. The lowest BCUT2D eigenvalue weighted by molar-refractivity contribution is -0.133. The van der Waals surface area contributed by atoms with E-state index < -0.39 is 12.0 Å². The lowest BCUT2D eigenvalue weighted by atomic mass is 10.3. The molecule has 0 bridgehead atoms. The molecule has 1 aromatic heterocycles. The van der Waals surface area contributed by atoms with E-state index in [1.54, 1.807) is 13.8 Å². The SMILES string of the molecule is CCNC(=O)C(C)n1c(N)nnc1SCC(=O)O. The van der Waals surface area contributed by atoms with Gasteiger partial charge in [0.1, 0.15) is 6.04 Å². The van der Waals surface area contributed by atoms with Gasteiger partial charge in [-0.05, 0) is 13.8 Å². The number of thioether (sulfide) groups is 1. The second kappa shape index (κ2) is 6.24. The highest BCUT2D eigenvalue weighted by atomic mass is 32.2. The number of hydrogen-bond acceptors (Lipinski definition) is 6. The minimum absolute atomic E-state index is 0.0849. The normalized spacial score (nSPS) is 12.1. The van der Waals surface area contributed by atoms with Crippen LogP contribution in [0.2, 0.25) is 0 Å². The third-order valence-corrected chi connectivity index (χ3v) is 3.06. The third kappa shape index (κ3) is 3.36. The van der Waals surface area contributed by atoms with Gasteiger partial charge in [-0.15, -0.1) is 10.2 Å². The molecule has 1 amide bonds. The summed E-state index contributed by atoms with van der Waals surface area (Å²) in [5.41, 5.74) is 5.63. The Balaban J connectivity index is 2.89. The molecule has 1 rings (SSSR count). The molecule has 0 aliphatic carbocycles. The zero-order valence-electron chi connectivity index (χ0n) is 10.1. The minimum atomic E-state index is -0.973. The molecule has 0 aliphatic heterocycles. The van der Waals surface area contributed by atoms with Crippen molar-refractivity contribution in [1.82, 2.24) is 20.1 Å². The number of anilines is 1. The molecule has 0 aromatic carbocycles. The highest BCUT2D eigenvalue weighted by Gasteiger charge is 2.21. The van der Waals surface area contributed by atoms with E-state index in [0.29, 0.717) is 11.7 Å². The van der Waals surface area contributed by atoms with Crippen molar-refractivity contribution < 1.29 is 14.7 Å². The summed E-state index contributed by atoms with van der Waals surface area (Å²) in [6.07, 6.45) is 0. The number of aromatic nitrogens is 3. The summed E-state index contributed by atoms with van der Waals surface area (Å²) < 4.78 is 1.42. The van der Waals surface area contributed by atoms with Gasteiger partial charge >= 0.3 is 5.97 Å². The number of aliphatic carboxylic acids is 1. The molecule has 1 unspecified atom stereocenters. The summed E-state index contributed by atoms with van der Waals surface area (Å²) in [6, 6.07) is -0.587. The molecule has 1 atom stereocenters. The van der Waals surface area contributed by atoms with Crippen molar-refractivity contribution in [2.75, 3.05) is 18.0 Å². The summed E-state index contributed by atoms with van der Waals surface area (Å²) in [4.78, 5) is 22.2. The van der Waals surface area contributed by atoms with E-state index in [1.165, 1.54) is 4.57 Å². The average Bonchev–Trinajstić information content (AvgIpc) is 2.67. The number of hydrogen-bond donors (Lipinski definition) is 3. The number of likely N-dealkylation sites (N-methyl/N-ethyl adjacent to an activating group) is 1. The van der Waals surface area contributed by atoms with Crippen molar-refractivity contribution in [1.29, 1.82) is 0 Å². The third-order valence-electron chi connectivity index (χ3n) is 2.13. The van der Waals surface area contributed by atoms with Crippen molar-refractivity contribution >= 4 is 29.6 Å². The Labute approximate surface area is 108 Å². The van der Waals surface area contributed by atoms with Crippen LogP contribution < -0.4 is 11.1 Å². The number of carboxylic acid groups (broad SMARTS) is 1. The minimum Gasteiger partial charge on any atom is -0.481 e. The molecule has 0 radical (unpaired) electrons. The lowest BCUT2D eigenvalue weighted by Gasteiger charge is -2.15. The van der Waals surface area contributed by atoms with Crippen LogP contribution >= 0.6 is 11.8 Å². The van der Waals surface area contributed by atoms with Gasteiger partial charge in [0.25, 0.3) is 0 Å². The van der Waals surface area contributed by atoms with Crippen LogP contribution in [-0.4, -0.2) is 44.0 Å². The molecule has 0 spiro atoms. The van der Waals surface area contributed by atoms with Crippen molar-refractivity contribution in [3.8, 4) is 0 Å². The molecule has 4 N–H and O–H groups in total. The first-order chi connectivity index (χ1) is 8.47. The van der Waals surface area contributed by atoms with E-state index in [1.807, 2.05) is 0 Å². The number of nitrogen functional groups attached to an aromatic ring is 1. The summed E-state index contributed by atoms with van der Waals surface area (Å²) in [5, 5.41) is 19.0. The van der Waals surface area contributed by atoms with Crippen LogP contribution in [0.5, 0.6) is 0 Å². The van der Waals surface area contributed by atoms with Gasteiger partial charge in [0.05, 0.1) is 5.75 Å². The Kier molecular flexibility index (Phi) is 4.95. The Morgan fingerprint density at radius 2 is 2.22 bits per heavy atom. The molecule has 0 aliphatic rings. The van der Waals surface area contributed by atoms with Crippen molar-refractivity contribution in [3.63, 3.8) is 0 Å². The zero-order chi connectivity index (χ0) is 13.7. The molecular weight excluding hydrogens is 258 g/mol. The monoisotopic (exact) mass is 273 g/mol. The molecule has 1 aromatic rings.